The standard InChI is InChI=1S/C15H16ClNO4/c16-15-10(3-4-21-15)14(18)11(8-17)9-1-2-12-13(7-9)20-6-5-19-12/h1-4,7,11,14,18H,5-6,8,17H2. The molecule has 2 aromatic rings. The van der Waals surface area contributed by atoms with E-state index in [1.165, 1.54) is 6.26 Å². The molecule has 0 radical (unpaired) electrons. The van der Waals surface area contributed by atoms with Crippen LogP contribution < -0.4 is 15.2 Å². The summed E-state index contributed by atoms with van der Waals surface area (Å²) in [5.74, 6) is 1.07. The van der Waals surface area contributed by atoms with E-state index in [-0.39, 0.29) is 17.7 Å². The van der Waals surface area contributed by atoms with Crippen molar-refractivity contribution < 1.29 is 19.0 Å². The Morgan fingerprint density at radius 3 is 2.62 bits per heavy atom. The van der Waals surface area contributed by atoms with Gasteiger partial charge in [-0.2, -0.15) is 0 Å². The lowest BCUT2D eigenvalue weighted by atomic mass is 9.90. The third-order valence-corrected chi connectivity index (χ3v) is 3.90. The number of aliphatic hydroxyl groups excluding tert-OH is 1. The van der Waals surface area contributed by atoms with Gasteiger partial charge < -0.3 is 24.7 Å². The maximum atomic E-state index is 10.5. The van der Waals surface area contributed by atoms with Gasteiger partial charge in [0.05, 0.1) is 12.4 Å². The molecule has 0 spiro atoms. The average molecular weight is 310 g/mol. The van der Waals surface area contributed by atoms with Gasteiger partial charge in [0, 0.05) is 18.0 Å². The van der Waals surface area contributed by atoms with Crippen molar-refractivity contribution in [2.75, 3.05) is 19.8 Å². The summed E-state index contributed by atoms with van der Waals surface area (Å²) in [5.41, 5.74) is 7.23. The Bertz CT molecular complexity index is 628. The van der Waals surface area contributed by atoms with E-state index in [1.54, 1.807) is 6.07 Å². The van der Waals surface area contributed by atoms with Crippen LogP contribution >= 0.6 is 11.6 Å². The highest BCUT2D eigenvalue weighted by molar-refractivity contribution is 6.29. The summed E-state index contributed by atoms with van der Waals surface area (Å²) in [7, 11) is 0. The zero-order valence-corrected chi connectivity index (χ0v) is 12.0. The fourth-order valence-electron chi connectivity index (χ4n) is 2.47. The second-order valence-electron chi connectivity index (χ2n) is 4.84. The SMILES string of the molecule is NCC(c1ccc2c(c1)OCCO2)C(O)c1ccoc1Cl. The van der Waals surface area contributed by atoms with E-state index in [0.29, 0.717) is 30.3 Å². The molecular formula is C15H16ClNO4. The zero-order valence-electron chi connectivity index (χ0n) is 11.3. The predicted octanol–water partition coefficient (Wildman–Crippen LogP) is 2.48. The minimum absolute atomic E-state index is 0.179. The van der Waals surface area contributed by atoms with Gasteiger partial charge in [-0.1, -0.05) is 6.07 Å². The molecule has 1 aromatic heterocycles. The van der Waals surface area contributed by atoms with Crippen LogP contribution in [-0.2, 0) is 0 Å². The van der Waals surface area contributed by atoms with Crippen LogP contribution in [0.15, 0.2) is 34.9 Å². The Hall–Kier alpha value is -1.69. The molecule has 1 aliphatic rings. The van der Waals surface area contributed by atoms with E-state index in [2.05, 4.69) is 0 Å². The molecule has 0 amide bonds. The number of benzene rings is 1. The molecule has 5 nitrogen and oxygen atoms in total. The first-order valence-electron chi connectivity index (χ1n) is 6.71. The van der Waals surface area contributed by atoms with Crippen LogP contribution in [0.4, 0.5) is 0 Å². The summed E-state index contributed by atoms with van der Waals surface area (Å²) in [6, 6.07) is 7.20. The average Bonchev–Trinajstić information content (AvgIpc) is 2.94. The second-order valence-corrected chi connectivity index (χ2v) is 5.18. The van der Waals surface area contributed by atoms with Crippen molar-refractivity contribution in [3.05, 3.63) is 46.9 Å². The lowest BCUT2D eigenvalue weighted by Gasteiger charge is -2.24. The molecule has 2 atom stereocenters. The summed E-state index contributed by atoms with van der Waals surface area (Å²) < 4.78 is 16.1. The summed E-state index contributed by atoms with van der Waals surface area (Å²) in [5, 5.41) is 10.7. The molecule has 112 valence electrons. The number of fused-ring (bicyclic) bond motifs is 1. The molecular weight excluding hydrogens is 294 g/mol. The van der Waals surface area contributed by atoms with Gasteiger partial charge in [-0.15, -0.1) is 0 Å². The number of ether oxygens (including phenoxy) is 2. The van der Waals surface area contributed by atoms with E-state index >= 15 is 0 Å². The first kappa shape index (κ1) is 14.3. The molecule has 1 aliphatic heterocycles. The molecule has 2 heterocycles. The zero-order chi connectivity index (χ0) is 14.8. The Balaban J connectivity index is 1.91. The number of halogens is 1. The van der Waals surface area contributed by atoms with Crippen LogP contribution in [0.2, 0.25) is 5.22 Å². The molecule has 1 aromatic carbocycles. The monoisotopic (exact) mass is 309 g/mol. The van der Waals surface area contributed by atoms with E-state index in [0.717, 1.165) is 5.56 Å². The highest BCUT2D eigenvalue weighted by Crippen LogP contribution is 2.38. The molecule has 2 unspecified atom stereocenters. The number of nitrogens with two attached hydrogens (primary N) is 1. The normalized spacial score (nSPS) is 16.5. The molecule has 0 aliphatic carbocycles. The first-order chi connectivity index (χ1) is 10.2. The molecule has 0 bridgehead atoms. The van der Waals surface area contributed by atoms with Crippen molar-refractivity contribution in [2.45, 2.75) is 12.0 Å². The van der Waals surface area contributed by atoms with Gasteiger partial charge >= 0.3 is 0 Å². The number of hydrogen-bond acceptors (Lipinski definition) is 5. The van der Waals surface area contributed by atoms with Gasteiger partial charge in [0.2, 0.25) is 0 Å². The fourth-order valence-corrected chi connectivity index (χ4v) is 2.70. The number of furan rings is 1. The molecule has 3 rings (SSSR count). The van der Waals surface area contributed by atoms with E-state index in [1.807, 2.05) is 18.2 Å². The van der Waals surface area contributed by atoms with Crippen molar-refractivity contribution in [3.8, 4) is 11.5 Å². The largest absolute Gasteiger partial charge is 0.486 e. The van der Waals surface area contributed by atoms with Gasteiger partial charge in [-0.05, 0) is 35.4 Å². The van der Waals surface area contributed by atoms with Crippen LogP contribution in [0.5, 0.6) is 11.5 Å². The topological polar surface area (TPSA) is 77.9 Å². The minimum Gasteiger partial charge on any atom is -0.486 e. The van der Waals surface area contributed by atoms with Crippen molar-refractivity contribution in [3.63, 3.8) is 0 Å². The number of rotatable bonds is 4. The predicted molar refractivity (Wildman–Crippen MR) is 77.9 cm³/mol. The van der Waals surface area contributed by atoms with Crippen molar-refractivity contribution in [2.24, 2.45) is 5.73 Å². The van der Waals surface area contributed by atoms with E-state index < -0.39 is 6.10 Å². The fraction of sp³-hybridized carbons (Fsp3) is 0.333. The van der Waals surface area contributed by atoms with Gasteiger partial charge in [0.25, 0.3) is 0 Å². The Morgan fingerprint density at radius 1 is 1.19 bits per heavy atom. The Labute approximate surface area is 127 Å². The van der Waals surface area contributed by atoms with Crippen LogP contribution in [0, 0.1) is 0 Å². The highest BCUT2D eigenvalue weighted by atomic mass is 35.5. The Morgan fingerprint density at radius 2 is 1.95 bits per heavy atom. The van der Waals surface area contributed by atoms with Crippen LogP contribution in [0.25, 0.3) is 0 Å². The molecule has 0 fully saturated rings. The molecule has 0 saturated carbocycles. The summed E-state index contributed by atoms with van der Waals surface area (Å²) in [6.45, 7) is 1.32. The lowest BCUT2D eigenvalue weighted by molar-refractivity contribution is 0.145. The van der Waals surface area contributed by atoms with E-state index in [4.69, 9.17) is 31.2 Å². The summed E-state index contributed by atoms with van der Waals surface area (Å²) in [6.07, 6.45) is 0.599. The van der Waals surface area contributed by atoms with Crippen molar-refractivity contribution >= 4 is 11.6 Å². The van der Waals surface area contributed by atoms with Crippen molar-refractivity contribution in [1.29, 1.82) is 0 Å². The van der Waals surface area contributed by atoms with Crippen LogP contribution in [0.1, 0.15) is 23.1 Å². The first-order valence-corrected chi connectivity index (χ1v) is 7.09. The molecule has 21 heavy (non-hydrogen) atoms. The van der Waals surface area contributed by atoms with Crippen LogP contribution in [0.3, 0.4) is 0 Å². The Kier molecular flexibility index (Phi) is 4.05. The second kappa shape index (κ2) is 5.97. The quantitative estimate of drug-likeness (QED) is 0.907. The van der Waals surface area contributed by atoms with Gasteiger partial charge in [-0.3, -0.25) is 0 Å². The lowest BCUT2D eigenvalue weighted by Crippen LogP contribution is -2.21. The number of aliphatic hydroxyl groups is 1. The summed E-state index contributed by atoms with van der Waals surface area (Å²) in [4.78, 5) is 0. The molecule has 3 N–H and O–H groups in total. The van der Waals surface area contributed by atoms with Crippen LogP contribution in [-0.4, -0.2) is 24.9 Å². The maximum absolute atomic E-state index is 10.5. The minimum atomic E-state index is -0.844. The van der Waals surface area contributed by atoms with Gasteiger partial charge in [0.1, 0.15) is 13.2 Å². The van der Waals surface area contributed by atoms with Gasteiger partial charge in [0.15, 0.2) is 16.7 Å². The van der Waals surface area contributed by atoms with Crippen molar-refractivity contribution in [1.82, 2.24) is 0 Å². The smallest absolute Gasteiger partial charge is 0.198 e. The summed E-state index contributed by atoms with van der Waals surface area (Å²) >= 11 is 5.93. The molecule has 6 heteroatoms. The third-order valence-electron chi connectivity index (χ3n) is 3.59. The third kappa shape index (κ3) is 2.72. The molecule has 0 saturated heterocycles. The maximum Gasteiger partial charge on any atom is 0.198 e. The van der Waals surface area contributed by atoms with Gasteiger partial charge in [-0.25, -0.2) is 0 Å². The highest BCUT2D eigenvalue weighted by Gasteiger charge is 2.26. The number of hydrogen-bond donors (Lipinski definition) is 2. The van der Waals surface area contributed by atoms with E-state index in [9.17, 15) is 5.11 Å².